The van der Waals surface area contributed by atoms with Crippen LogP contribution in [0.25, 0.3) is 16.5 Å². The fraction of sp³-hybridized carbons (Fsp3) is 0.179. The van der Waals surface area contributed by atoms with Crippen LogP contribution >= 0.6 is 11.6 Å². The van der Waals surface area contributed by atoms with Gasteiger partial charge in [0.15, 0.2) is 12.1 Å². The lowest BCUT2D eigenvalue weighted by molar-refractivity contribution is -0.563. The molecule has 2 aromatic heterocycles. The van der Waals surface area contributed by atoms with Gasteiger partial charge < -0.3 is 23.5 Å². The van der Waals surface area contributed by atoms with E-state index in [1.165, 1.54) is 43.6 Å². The number of Topliss-reactive ketones (excluding diaryl/α,β-unsaturated/α-hetero) is 1. The predicted molar refractivity (Wildman–Crippen MR) is 285 cm³/mol. The van der Waals surface area contributed by atoms with Crippen LogP contribution in [0.1, 0.15) is 60.2 Å². The second-order valence-electron chi connectivity index (χ2n) is 17.0. The Morgan fingerprint density at radius 3 is 1.82 bits per heavy atom. The van der Waals surface area contributed by atoms with Gasteiger partial charge in [-0.1, -0.05) is 103 Å². The summed E-state index contributed by atoms with van der Waals surface area (Å²) in [5.41, 5.74) is 5.39. The Bertz CT molecular complexity index is 3460. The lowest BCUT2D eigenvalue weighted by Gasteiger charge is -2.29. The van der Waals surface area contributed by atoms with Gasteiger partial charge in [0.2, 0.25) is 9.84 Å². The summed E-state index contributed by atoms with van der Waals surface area (Å²) < 4.78 is 71.6. The van der Waals surface area contributed by atoms with E-state index in [0.29, 0.717) is 26.7 Å². The fourth-order valence-corrected chi connectivity index (χ4v) is 9.56. The van der Waals surface area contributed by atoms with Gasteiger partial charge in [-0.05, 0) is 116 Å². The number of carbonyl (C=O) groups excluding carboxylic acids is 1. The molecule has 0 bridgehead atoms. The molecule has 384 valence electrons. The van der Waals surface area contributed by atoms with E-state index in [9.17, 15) is 36.5 Å². The summed E-state index contributed by atoms with van der Waals surface area (Å²) in [5.74, 6) is 0.523. The van der Waals surface area contributed by atoms with E-state index in [2.05, 4.69) is 6.58 Å². The molecule has 0 N–H and O–H groups in total. The maximum Gasteiger partial charge on any atom is 0.341 e. The number of ether oxygens (including phenoxy) is 3. The molecule has 3 heterocycles. The summed E-state index contributed by atoms with van der Waals surface area (Å²) in [6, 6.07) is 51.0. The number of carbonyl (C=O) groups is 1. The smallest absolute Gasteiger partial charge is 0.341 e. The number of anilines is 1. The molecule has 1 fully saturated rings. The van der Waals surface area contributed by atoms with Crippen LogP contribution < -0.4 is 15.3 Å². The molecule has 1 unspecified atom stereocenters. The van der Waals surface area contributed by atoms with Gasteiger partial charge in [-0.2, -0.15) is 0 Å². The zero-order chi connectivity index (χ0) is 53.6. The average Bonchev–Trinajstić information content (AvgIpc) is 3.93. The fourth-order valence-electron chi connectivity index (χ4n) is 6.94. The molecule has 9 rings (SSSR count). The Kier molecular flexibility index (Phi) is 18.7. The molecule has 0 radical (unpaired) electrons. The van der Waals surface area contributed by atoms with E-state index in [4.69, 9.17) is 30.2 Å². The van der Waals surface area contributed by atoms with Crippen molar-refractivity contribution in [1.82, 2.24) is 3.97 Å². The molecule has 15 nitrogen and oxygen atoms in total. The van der Waals surface area contributed by atoms with Gasteiger partial charge >= 0.3 is 10.6 Å². The quantitative estimate of drug-likeness (QED) is 0.0280. The van der Waals surface area contributed by atoms with E-state index >= 15 is 0 Å². The third kappa shape index (κ3) is 14.5. The molecule has 0 spiro atoms. The van der Waals surface area contributed by atoms with E-state index in [-0.39, 0.29) is 35.6 Å². The number of nitro groups is 1. The Labute approximate surface area is 435 Å². The van der Waals surface area contributed by atoms with E-state index in [1.54, 1.807) is 84.9 Å². The Hall–Kier alpha value is -7.67. The lowest BCUT2D eigenvalue weighted by atomic mass is 10.1. The number of alkyl halides is 1. The first-order valence-electron chi connectivity index (χ1n) is 22.8. The first-order valence-corrected chi connectivity index (χ1v) is 26.1. The van der Waals surface area contributed by atoms with Crippen molar-refractivity contribution in [2.24, 2.45) is 0 Å². The predicted octanol–water partition coefficient (Wildman–Crippen LogP) is 11.4. The van der Waals surface area contributed by atoms with Crippen LogP contribution in [0, 0.1) is 10.1 Å². The van der Waals surface area contributed by atoms with Gasteiger partial charge in [-0.25, -0.2) is 25.6 Å². The van der Waals surface area contributed by atoms with Crippen LogP contribution in [0.15, 0.2) is 219 Å². The van der Waals surface area contributed by atoms with Crippen molar-refractivity contribution < 1.29 is 45.2 Å². The first kappa shape index (κ1) is 55.6. The zero-order valence-corrected chi connectivity index (χ0v) is 43.5. The monoisotopic (exact) mass is 1060 g/mol. The minimum Gasteiger partial charge on any atom is -0.486 e. The number of ketones is 1. The summed E-state index contributed by atoms with van der Waals surface area (Å²) in [5, 5.41) is 11.6. The van der Waals surface area contributed by atoms with Crippen LogP contribution in [-0.4, -0.2) is 63.8 Å². The second-order valence-corrected chi connectivity index (χ2v) is 21.5. The molecule has 1 saturated heterocycles. The van der Waals surface area contributed by atoms with E-state index in [1.807, 2.05) is 99.6 Å². The van der Waals surface area contributed by atoms with E-state index in [0.717, 1.165) is 37.3 Å². The minimum absolute atomic E-state index is 0.0657. The summed E-state index contributed by atoms with van der Waals surface area (Å²) in [6.45, 7) is 8.74. The molecule has 1 atom stereocenters. The first-order chi connectivity index (χ1) is 35.2. The molecular weight excluding hydrogens is 1010 g/mol. The number of hydrogen-bond acceptors (Lipinski definition) is 13. The summed E-state index contributed by atoms with van der Waals surface area (Å²) in [4.78, 5) is 33.6. The maximum absolute atomic E-state index is 12.3. The third-order valence-electron chi connectivity index (χ3n) is 11.2. The largest absolute Gasteiger partial charge is 0.486 e. The Morgan fingerprint density at radius 2 is 1.30 bits per heavy atom. The highest BCUT2D eigenvalue weighted by atomic mass is 35.5. The third-order valence-corrected chi connectivity index (χ3v) is 15.0. The molecule has 0 saturated carbocycles. The number of aromatic nitrogens is 1. The number of sulfone groups is 1. The maximum atomic E-state index is 12.3. The van der Waals surface area contributed by atoms with Crippen molar-refractivity contribution in [2.45, 2.75) is 52.8 Å². The van der Waals surface area contributed by atoms with Crippen molar-refractivity contribution in [1.29, 1.82) is 0 Å². The van der Waals surface area contributed by atoms with Crippen LogP contribution in [0.3, 0.4) is 0 Å². The number of hydrogen-bond donors (Lipinski definition) is 0. The van der Waals surface area contributed by atoms with Crippen molar-refractivity contribution in [3.05, 3.63) is 238 Å². The number of benzene rings is 6. The molecule has 0 aliphatic carbocycles. The van der Waals surface area contributed by atoms with Gasteiger partial charge in [0.1, 0.15) is 30.7 Å². The SMILES string of the molecule is C=C(C)c1ccc(S(=O)(=O)c2ccccc2)cc1.CC(=O)c1ccn(S(=O)(=O)c2ccccc2)c1.CC(Oc1ccc2ccc(=O)oc2c1)c1ccccc1.CN(C)c1ccc(C2OCC(Cl)([N+](=O)[O-])CO2)cc1. The van der Waals surface area contributed by atoms with Crippen molar-refractivity contribution in [3.8, 4) is 5.75 Å². The van der Waals surface area contributed by atoms with Crippen LogP contribution in [-0.2, 0) is 29.3 Å². The van der Waals surface area contributed by atoms with Gasteiger partial charge in [0.05, 0.1) is 14.7 Å². The van der Waals surface area contributed by atoms with Crippen LogP contribution in [0.5, 0.6) is 5.75 Å². The van der Waals surface area contributed by atoms with E-state index < -0.39 is 36.1 Å². The average molecular weight is 1060 g/mol. The van der Waals surface area contributed by atoms with Gasteiger partial charge in [-0.15, -0.1) is 0 Å². The van der Waals surface area contributed by atoms with Crippen molar-refractivity contribution in [3.63, 3.8) is 0 Å². The summed E-state index contributed by atoms with van der Waals surface area (Å²) >= 11 is 5.77. The standard InChI is InChI=1S/C17H14O3.C15H14O2S.C12H15ClN2O4.C12H11NO3S/c1-12(13-5-3-2-4-6-13)19-15-9-7-14-8-10-17(18)20-16(14)11-15;1-12(2)13-8-10-15(11-9-13)18(16,17)14-6-4-3-5-7-14;1-14(2)10-5-3-9(4-6-10)11-18-7-12(13,8-19-11)15(16)17;1-10(14)11-7-8-13(9-11)17(15,16)12-5-3-2-4-6-12/h2-12H,1H3;3-11H,1H2,2H3;3-6,11H,7-8H2,1-2H3;2-9H,1H3. The molecule has 18 heteroatoms. The molecule has 1 aliphatic rings. The summed E-state index contributed by atoms with van der Waals surface area (Å²) in [7, 11) is -3.11. The number of rotatable bonds is 12. The molecule has 1 aliphatic heterocycles. The molecule has 6 aromatic carbocycles. The minimum atomic E-state index is -3.59. The molecular formula is C56H54ClN3O12S2. The molecule has 8 aromatic rings. The molecule has 74 heavy (non-hydrogen) atoms. The topological polar surface area (TPSA) is 195 Å². The highest BCUT2D eigenvalue weighted by Crippen LogP contribution is 2.32. The normalized spacial score (nSPS) is 15.6. The Morgan fingerprint density at radius 1 is 0.757 bits per heavy atom. The number of fused-ring (bicyclic) bond motifs is 1. The number of allylic oxidation sites excluding steroid dienone is 1. The summed E-state index contributed by atoms with van der Waals surface area (Å²) in [6.07, 6.45) is 2.02. The van der Waals surface area contributed by atoms with Crippen LogP contribution in [0.4, 0.5) is 5.69 Å². The number of nitrogens with zero attached hydrogens (tertiary/aromatic N) is 3. The highest BCUT2D eigenvalue weighted by molar-refractivity contribution is 7.91. The number of halogens is 1. The molecule has 0 amide bonds. The van der Waals surface area contributed by atoms with Gasteiger partial charge in [0.25, 0.3) is 10.0 Å². The lowest BCUT2D eigenvalue weighted by Crippen LogP contribution is -2.46. The zero-order valence-electron chi connectivity index (χ0n) is 41.1. The second kappa shape index (κ2) is 24.8. The van der Waals surface area contributed by atoms with Crippen molar-refractivity contribution >= 4 is 59.5 Å². The Balaban J connectivity index is 0.000000161. The van der Waals surface area contributed by atoms with Gasteiger partial charge in [-0.3, -0.25) is 14.9 Å². The highest BCUT2D eigenvalue weighted by Gasteiger charge is 2.46. The van der Waals surface area contributed by atoms with Crippen LogP contribution in [0.2, 0.25) is 0 Å². The van der Waals surface area contributed by atoms with Crippen molar-refractivity contribution in [2.75, 3.05) is 32.2 Å². The van der Waals surface area contributed by atoms with Gasteiger partial charge in [0, 0.05) is 65.7 Å².